The third-order valence-electron chi connectivity index (χ3n) is 2.68. The number of halogens is 1. The van der Waals surface area contributed by atoms with Crippen LogP contribution in [0.15, 0.2) is 28.7 Å². The van der Waals surface area contributed by atoms with Gasteiger partial charge in [-0.15, -0.1) is 0 Å². The van der Waals surface area contributed by atoms with Gasteiger partial charge in [-0.2, -0.15) is 0 Å². The van der Waals surface area contributed by atoms with E-state index in [1.807, 2.05) is 38.1 Å². The van der Waals surface area contributed by atoms with Crippen LogP contribution in [-0.2, 0) is 15.1 Å². The van der Waals surface area contributed by atoms with Gasteiger partial charge in [-0.3, -0.25) is 4.79 Å². The van der Waals surface area contributed by atoms with Crippen LogP contribution in [0.1, 0.15) is 19.4 Å². The van der Waals surface area contributed by atoms with Crippen molar-refractivity contribution >= 4 is 21.8 Å². The van der Waals surface area contributed by atoms with Crippen LogP contribution >= 0.6 is 15.9 Å². The summed E-state index contributed by atoms with van der Waals surface area (Å²) in [6, 6.07) is 7.17. The van der Waals surface area contributed by atoms with Crippen molar-refractivity contribution in [1.29, 1.82) is 0 Å². The van der Waals surface area contributed by atoms with Gasteiger partial charge in [-0.1, -0.05) is 28.1 Å². The minimum atomic E-state index is -0.648. The van der Waals surface area contributed by atoms with Crippen LogP contribution in [0.2, 0.25) is 0 Å². The summed E-state index contributed by atoms with van der Waals surface area (Å²) in [5.41, 5.74) is 6.24. The molecule has 100 valence electrons. The van der Waals surface area contributed by atoms with Crippen molar-refractivity contribution in [2.24, 2.45) is 5.73 Å². The Morgan fingerprint density at radius 2 is 2.00 bits per heavy atom. The van der Waals surface area contributed by atoms with Crippen molar-refractivity contribution in [1.82, 2.24) is 5.32 Å². The zero-order valence-corrected chi connectivity index (χ0v) is 12.5. The first-order valence-electron chi connectivity index (χ1n) is 5.69. The molecular formula is C13H19BrN2O2. The topological polar surface area (TPSA) is 64.3 Å². The van der Waals surface area contributed by atoms with Crippen LogP contribution in [0, 0.1) is 0 Å². The first kappa shape index (κ1) is 15.1. The SMILES string of the molecule is COCC(N)C(=O)NC(C)(C)c1ccc(Br)cc1. The van der Waals surface area contributed by atoms with E-state index in [-0.39, 0.29) is 12.5 Å². The van der Waals surface area contributed by atoms with Gasteiger partial charge in [0.15, 0.2) is 0 Å². The summed E-state index contributed by atoms with van der Waals surface area (Å²) in [4.78, 5) is 11.9. The van der Waals surface area contributed by atoms with Crippen molar-refractivity contribution in [2.75, 3.05) is 13.7 Å². The highest BCUT2D eigenvalue weighted by Crippen LogP contribution is 2.22. The Kier molecular flexibility index (Phi) is 5.31. The molecule has 0 spiro atoms. The number of ether oxygens (including phenoxy) is 1. The minimum Gasteiger partial charge on any atom is -0.383 e. The number of hydrogen-bond acceptors (Lipinski definition) is 3. The van der Waals surface area contributed by atoms with E-state index in [4.69, 9.17) is 10.5 Å². The fourth-order valence-electron chi connectivity index (χ4n) is 1.59. The van der Waals surface area contributed by atoms with Crippen LogP contribution in [0.25, 0.3) is 0 Å². The Bertz CT molecular complexity index is 404. The molecule has 0 aliphatic heterocycles. The number of carbonyl (C=O) groups is 1. The fourth-order valence-corrected chi connectivity index (χ4v) is 1.86. The first-order valence-corrected chi connectivity index (χ1v) is 6.48. The lowest BCUT2D eigenvalue weighted by Crippen LogP contribution is -2.50. The molecule has 0 aliphatic rings. The molecule has 1 aromatic carbocycles. The minimum absolute atomic E-state index is 0.211. The highest BCUT2D eigenvalue weighted by molar-refractivity contribution is 9.10. The molecule has 0 heterocycles. The molecule has 1 amide bonds. The van der Waals surface area contributed by atoms with Crippen LogP contribution in [0.3, 0.4) is 0 Å². The third-order valence-corrected chi connectivity index (χ3v) is 3.21. The number of rotatable bonds is 5. The molecule has 3 N–H and O–H groups in total. The number of hydrogen-bond donors (Lipinski definition) is 2. The van der Waals surface area contributed by atoms with E-state index >= 15 is 0 Å². The van der Waals surface area contributed by atoms with Crippen LogP contribution in [-0.4, -0.2) is 25.7 Å². The Morgan fingerprint density at radius 3 is 2.50 bits per heavy atom. The Labute approximate surface area is 116 Å². The average Bonchev–Trinajstić information content (AvgIpc) is 2.29. The number of amides is 1. The molecule has 5 heteroatoms. The van der Waals surface area contributed by atoms with Gasteiger partial charge < -0.3 is 15.8 Å². The fraction of sp³-hybridized carbons (Fsp3) is 0.462. The summed E-state index contributed by atoms with van der Waals surface area (Å²) in [6.45, 7) is 4.09. The zero-order valence-electron chi connectivity index (χ0n) is 10.9. The molecule has 0 saturated carbocycles. The van der Waals surface area contributed by atoms with Gasteiger partial charge >= 0.3 is 0 Å². The third kappa shape index (κ3) is 4.08. The normalized spacial score (nSPS) is 13.2. The summed E-state index contributed by atoms with van der Waals surface area (Å²) < 4.78 is 5.87. The quantitative estimate of drug-likeness (QED) is 0.870. The average molecular weight is 315 g/mol. The predicted octanol–water partition coefficient (Wildman–Crippen LogP) is 1.77. The Hall–Kier alpha value is -0.910. The van der Waals surface area contributed by atoms with Crippen LogP contribution in [0.4, 0.5) is 0 Å². The maximum atomic E-state index is 11.9. The van der Waals surface area contributed by atoms with Crippen molar-refractivity contribution in [3.05, 3.63) is 34.3 Å². The molecule has 0 saturated heterocycles. The number of nitrogens with two attached hydrogens (primary N) is 1. The van der Waals surface area contributed by atoms with Gasteiger partial charge in [-0.05, 0) is 31.5 Å². The van der Waals surface area contributed by atoms with Gasteiger partial charge in [0.1, 0.15) is 6.04 Å². The molecule has 18 heavy (non-hydrogen) atoms. The van der Waals surface area contributed by atoms with Gasteiger partial charge in [0, 0.05) is 11.6 Å². The van der Waals surface area contributed by atoms with Crippen molar-refractivity contribution in [3.8, 4) is 0 Å². The highest BCUT2D eigenvalue weighted by atomic mass is 79.9. The largest absolute Gasteiger partial charge is 0.383 e. The first-order chi connectivity index (χ1) is 8.36. The number of nitrogens with one attached hydrogen (secondary N) is 1. The molecule has 0 bridgehead atoms. The van der Waals surface area contributed by atoms with E-state index in [1.165, 1.54) is 7.11 Å². The summed E-state index contributed by atoms with van der Waals surface area (Å²) in [5.74, 6) is -0.218. The molecular weight excluding hydrogens is 296 g/mol. The molecule has 0 radical (unpaired) electrons. The Morgan fingerprint density at radius 1 is 1.44 bits per heavy atom. The van der Waals surface area contributed by atoms with Crippen molar-refractivity contribution in [3.63, 3.8) is 0 Å². The van der Waals surface area contributed by atoms with E-state index in [9.17, 15) is 4.79 Å². The van der Waals surface area contributed by atoms with Gasteiger partial charge in [-0.25, -0.2) is 0 Å². The lowest BCUT2D eigenvalue weighted by atomic mass is 9.94. The summed E-state index contributed by atoms with van der Waals surface area (Å²) in [7, 11) is 1.52. The smallest absolute Gasteiger partial charge is 0.239 e. The second-order valence-corrected chi connectivity index (χ2v) is 5.60. The van der Waals surface area contributed by atoms with Crippen molar-refractivity contribution < 1.29 is 9.53 Å². The van der Waals surface area contributed by atoms with E-state index in [0.717, 1.165) is 10.0 Å². The van der Waals surface area contributed by atoms with Crippen LogP contribution in [0.5, 0.6) is 0 Å². The number of methoxy groups -OCH3 is 1. The molecule has 0 aliphatic carbocycles. The lowest BCUT2D eigenvalue weighted by Gasteiger charge is -2.28. The van der Waals surface area contributed by atoms with Crippen molar-refractivity contribution in [2.45, 2.75) is 25.4 Å². The van der Waals surface area contributed by atoms with E-state index in [1.54, 1.807) is 0 Å². The molecule has 0 aromatic heterocycles. The lowest BCUT2D eigenvalue weighted by molar-refractivity contribution is -0.125. The zero-order chi connectivity index (χ0) is 13.8. The van der Waals surface area contributed by atoms with Gasteiger partial charge in [0.05, 0.1) is 12.1 Å². The standard InChI is InChI=1S/C13H19BrN2O2/c1-13(2,9-4-6-10(14)7-5-9)16-12(17)11(15)8-18-3/h4-7,11H,8,15H2,1-3H3,(H,16,17). The molecule has 1 rings (SSSR count). The van der Waals surface area contributed by atoms with Gasteiger partial charge in [0.25, 0.3) is 0 Å². The Balaban J connectivity index is 2.75. The maximum absolute atomic E-state index is 11.9. The van der Waals surface area contributed by atoms with Gasteiger partial charge in [0.2, 0.25) is 5.91 Å². The number of carbonyl (C=O) groups excluding carboxylic acids is 1. The monoisotopic (exact) mass is 314 g/mol. The molecule has 1 atom stereocenters. The highest BCUT2D eigenvalue weighted by Gasteiger charge is 2.25. The summed E-state index contributed by atoms with van der Waals surface area (Å²) >= 11 is 3.38. The van der Waals surface area contributed by atoms with E-state index < -0.39 is 11.6 Å². The maximum Gasteiger partial charge on any atom is 0.239 e. The van der Waals surface area contributed by atoms with E-state index in [2.05, 4.69) is 21.2 Å². The molecule has 1 unspecified atom stereocenters. The summed E-state index contributed by atoms with van der Waals surface area (Å²) in [5, 5.41) is 2.92. The second-order valence-electron chi connectivity index (χ2n) is 4.68. The second kappa shape index (κ2) is 6.31. The molecule has 1 aromatic rings. The summed E-state index contributed by atoms with van der Waals surface area (Å²) in [6.07, 6.45) is 0. The molecule has 4 nitrogen and oxygen atoms in total. The number of benzene rings is 1. The van der Waals surface area contributed by atoms with E-state index in [0.29, 0.717) is 0 Å². The predicted molar refractivity (Wildman–Crippen MR) is 75.2 cm³/mol. The molecule has 0 fully saturated rings. The van der Waals surface area contributed by atoms with Crippen LogP contribution < -0.4 is 11.1 Å².